The lowest BCUT2D eigenvalue weighted by Gasteiger charge is -2.35. The van der Waals surface area contributed by atoms with Crippen LogP contribution in [0.3, 0.4) is 0 Å². The third kappa shape index (κ3) is 4.77. The second-order valence-electron chi connectivity index (χ2n) is 6.85. The van der Waals surface area contributed by atoms with E-state index in [4.69, 9.17) is 14.7 Å². The Balaban J connectivity index is 1.97. The number of sulfonamides is 1. The molecule has 30 heavy (non-hydrogen) atoms. The third-order valence-electron chi connectivity index (χ3n) is 4.70. The lowest BCUT2D eigenvalue weighted by Crippen LogP contribution is -2.55. The highest BCUT2D eigenvalue weighted by Crippen LogP contribution is 2.38. The largest absolute Gasteiger partial charge is 0.342 e. The van der Waals surface area contributed by atoms with Gasteiger partial charge >= 0.3 is 0 Å². The van der Waals surface area contributed by atoms with Crippen molar-refractivity contribution in [3.05, 3.63) is 58.5 Å². The highest BCUT2D eigenvalue weighted by atomic mass is 32.2. The van der Waals surface area contributed by atoms with Crippen LogP contribution in [0.25, 0.3) is 0 Å². The highest BCUT2D eigenvalue weighted by Gasteiger charge is 2.50. The van der Waals surface area contributed by atoms with Crippen LogP contribution in [-0.2, 0) is 35.5 Å². The molecule has 10 nitrogen and oxygen atoms in total. The van der Waals surface area contributed by atoms with Gasteiger partial charge in [0, 0.05) is 19.9 Å². The first-order valence-electron chi connectivity index (χ1n) is 9.20. The van der Waals surface area contributed by atoms with E-state index in [2.05, 4.69) is 10.0 Å². The van der Waals surface area contributed by atoms with E-state index in [0.29, 0.717) is 5.57 Å². The quantitative estimate of drug-likeness (QED) is 0.333. The minimum Gasteiger partial charge on any atom is -0.342 e. The zero-order valence-electron chi connectivity index (χ0n) is 16.3. The van der Waals surface area contributed by atoms with Gasteiger partial charge in [0.25, 0.3) is 0 Å². The first kappa shape index (κ1) is 22.1. The van der Waals surface area contributed by atoms with E-state index < -0.39 is 27.8 Å². The molecule has 0 bridgehead atoms. The van der Waals surface area contributed by atoms with Crippen LogP contribution < -0.4 is 15.5 Å². The molecular formula is C19H23N3O7S. The van der Waals surface area contributed by atoms with E-state index in [1.165, 1.54) is 24.6 Å². The van der Waals surface area contributed by atoms with Crippen LogP contribution in [0.5, 0.6) is 0 Å². The summed E-state index contributed by atoms with van der Waals surface area (Å²) in [5.41, 5.74) is 1.41. The summed E-state index contributed by atoms with van der Waals surface area (Å²) in [5, 5.41) is 11.3. The molecule has 2 unspecified atom stereocenters. The number of amides is 2. The Morgan fingerprint density at radius 2 is 2.00 bits per heavy atom. The molecule has 1 saturated heterocycles. The van der Waals surface area contributed by atoms with Crippen molar-refractivity contribution in [2.75, 3.05) is 13.3 Å². The monoisotopic (exact) mass is 437 g/mol. The van der Waals surface area contributed by atoms with Crippen molar-refractivity contribution in [1.29, 1.82) is 0 Å². The molecule has 162 valence electrons. The molecule has 4 N–H and O–H groups in total. The summed E-state index contributed by atoms with van der Waals surface area (Å²) in [6.07, 6.45) is 1.98. The predicted molar refractivity (Wildman–Crippen MR) is 105 cm³/mol. The summed E-state index contributed by atoms with van der Waals surface area (Å²) in [4.78, 5) is 22.9. The van der Waals surface area contributed by atoms with E-state index in [0.717, 1.165) is 5.56 Å². The fraction of sp³-hybridized carbons (Fsp3) is 0.368. The maximum absolute atomic E-state index is 13.0. The molecule has 0 aromatic heterocycles. The maximum atomic E-state index is 13.0. The number of hydroxylamine groups is 1. The van der Waals surface area contributed by atoms with Gasteiger partial charge in [0.2, 0.25) is 21.8 Å². The molecule has 1 aromatic rings. The Morgan fingerprint density at radius 1 is 1.27 bits per heavy atom. The molecule has 1 aliphatic heterocycles. The number of allylic oxidation sites excluding steroid dienone is 1. The number of fused-ring (bicyclic) bond motifs is 1. The second-order valence-corrected chi connectivity index (χ2v) is 8.59. The second kappa shape index (κ2) is 9.06. The van der Waals surface area contributed by atoms with Crippen molar-refractivity contribution in [1.82, 2.24) is 15.5 Å². The highest BCUT2D eigenvalue weighted by molar-refractivity contribution is 7.93. The van der Waals surface area contributed by atoms with E-state index in [-0.39, 0.29) is 37.0 Å². The van der Waals surface area contributed by atoms with Crippen LogP contribution in [0.2, 0.25) is 0 Å². The van der Waals surface area contributed by atoms with Crippen molar-refractivity contribution in [2.24, 2.45) is 0 Å². The number of ether oxygens (including phenoxy) is 2. The molecule has 0 radical (unpaired) electrons. The van der Waals surface area contributed by atoms with Crippen LogP contribution in [0.15, 0.2) is 53.0 Å². The number of nitrogens with one attached hydrogen (secondary N) is 3. The lowest BCUT2D eigenvalue weighted by atomic mass is 9.89. The molecule has 2 amide bonds. The summed E-state index contributed by atoms with van der Waals surface area (Å²) >= 11 is 0. The minimum absolute atomic E-state index is 0.0211. The number of rotatable bonds is 8. The average Bonchev–Trinajstić information content (AvgIpc) is 3.11. The summed E-state index contributed by atoms with van der Waals surface area (Å²) in [6.45, 7) is 1.01. The molecule has 1 aliphatic carbocycles. The molecule has 11 heteroatoms. The predicted octanol–water partition coefficient (Wildman–Crippen LogP) is 0.0732. The average molecular weight is 437 g/mol. The number of carbonyl (C=O) groups excluding carboxylic acids is 2. The smallest absolute Gasteiger partial charge is 0.244 e. The van der Waals surface area contributed by atoms with Gasteiger partial charge < -0.3 is 14.8 Å². The van der Waals surface area contributed by atoms with Gasteiger partial charge in [-0.2, -0.15) is 0 Å². The van der Waals surface area contributed by atoms with Crippen LogP contribution in [0, 0.1) is 0 Å². The standard InChI is InChI=1S/C19H23N3O7S/c1-13(23)21-19-9-7-16(30(26,27)20-10-8-17(24)22-25)15(18(19)28-12-29-19)11-14-5-3-2-4-6-14/h2-7,9,18,20,25H,8,10-12H2,1H3,(H,21,23)(H,22,24). The molecular weight excluding hydrogens is 414 g/mol. The molecule has 2 aliphatic rings. The summed E-state index contributed by atoms with van der Waals surface area (Å²) in [7, 11) is -4.02. The van der Waals surface area contributed by atoms with Crippen molar-refractivity contribution in [3.63, 3.8) is 0 Å². The van der Waals surface area contributed by atoms with E-state index in [9.17, 15) is 18.0 Å². The summed E-state index contributed by atoms with van der Waals surface area (Å²) < 4.78 is 39.6. The Hall–Kier alpha value is -2.57. The minimum atomic E-state index is -4.02. The van der Waals surface area contributed by atoms with Gasteiger partial charge in [-0.05, 0) is 29.7 Å². The van der Waals surface area contributed by atoms with Crippen molar-refractivity contribution in [2.45, 2.75) is 31.6 Å². The van der Waals surface area contributed by atoms with Gasteiger partial charge in [0.15, 0.2) is 12.5 Å². The molecule has 1 heterocycles. The normalized spacial score (nSPS) is 23.2. The fourth-order valence-corrected chi connectivity index (χ4v) is 4.74. The molecule has 0 spiro atoms. The molecule has 3 rings (SSSR count). The Labute approximate surface area is 173 Å². The van der Waals surface area contributed by atoms with E-state index in [1.54, 1.807) is 0 Å². The van der Waals surface area contributed by atoms with Gasteiger partial charge in [-0.15, -0.1) is 0 Å². The topological polar surface area (TPSA) is 143 Å². The molecule has 1 aromatic carbocycles. The molecule has 2 atom stereocenters. The maximum Gasteiger partial charge on any atom is 0.244 e. The lowest BCUT2D eigenvalue weighted by molar-refractivity contribution is -0.129. The number of carbonyl (C=O) groups is 2. The number of benzene rings is 1. The SMILES string of the molecule is CC(=O)NC12C=CC(S(=O)(=O)NCCC(=O)NO)=C(Cc3ccccc3)C1OCO2. The van der Waals surface area contributed by atoms with Crippen LogP contribution in [-0.4, -0.2) is 50.6 Å². The first-order chi connectivity index (χ1) is 14.3. The van der Waals surface area contributed by atoms with Crippen molar-refractivity contribution >= 4 is 21.8 Å². The number of hydrogen-bond donors (Lipinski definition) is 4. The third-order valence-corrected chi connectivity index (χ3v) is 6.27. The summed E-state index contributed by atoms with van der Waals surface area (Å²) in [5.74, 6) is -1.07. The zero-order chi connectivity index (χ0) is 21.8. The van der Waals surface area contributed by atoms with Gasteiger partial charge in [-0.25, -0.2) is 18.6 Å². The van der Waals surface area contributed by atoms with Gasteiger partial charge in [0.05, 0.1) is 4.91 Å². The number of hydrogen-bond acceptors (Lipinski definition) is 7. The van der Waals surface area contributed by atoms with E-state index in [1.807, 2.05) is 30.3 Å². The Kier molecular flexibility index (Phi) is 6.68. The van der Waals surface area contributed by atoms with Crippen LogP contribution in [0.1, 0.15) is 18.9 Å². The Bertz CT molecular complexity index is 975. The summed E-state index contributed by atoms with van der Waals surface area (Å²) in [6, 6.07) is 9.22. The Morgan fingerprint density at radius 3 is 2.67 bits per heavy atom. The molecule has 1 fully saturated rings. The van der Waals surface area contributed by atoms with Crippen molar-refractivity contribution in [3.8, 4) is 0 Å². The van der Waals surface area contributed by atoms with Crippen LogP contribution in [0.4, 0.5) is 0 Å². The van der Waals surface area contributed by atoms with Crippen LogP contribution >= 0.6 is 0 Å². The van der Waals surface area contributed by atoms with Gasteiger partial charge in [-0.1, -0.05) is 30.3 Å². The van der Waals surface area contributed by atoms with Gasteiger partial charge in [-0.3, -0.25) is 14.8 Å². The first-order valence-corrected chi connectivity index (χ1v) is 10.7. The fourth-order valence-electron chi connectivity index (χ4n) is 3.44. The van der Waals surface area contributed by atoms with Crippen molar-refractivity contribution < 1.29 is 32.7 Å². The molecule has 0 saturated carbocycles. The van der Waals surface area contributed by atoms with E-state index >= 15 is 0 Å². The zero-order valence-corrected chi connectivity index (χ0v) is 17.1. The van der Waals surface area contributed by atoms with Gasteiger partial charge in [0.1, 0.15) is 6.10 Å².